The zero-order chi connectivity index (χ0) is 29.1. The number of benzene rings is 1. The molecule has 0 unspecified atom stereocenters. The van der Waals surface area contributed by atoms with E-state index in [0.29, 0.717) is 30.0 Å². The Morgan fingerprint density at radius 2 is 2.02 bits per heavy atom. The molecule has 1 amide bonds. The minimum absolute atomic E-state index is 0.249. The van der Waals surface area contributed by atoms with Crippen LogP contribution in [0.4, 0.5) is 34.8 Å². The monoisotopic (exact) mass is 575 g/mol. The van der Waals surface area contributed by atoms with Crippen LogP contribution in [0.3, 0.4) is 0 Å². The Morgan fingerprint density at radius 3 is 2.76 bits per heavy atom. The van der Waals surface area contributed by atoms with E-state index in [1.807, 2.05) is 0 Å². The lowest BCUT2D eigenvalue weighted by atomic mass is 9.93. The van der Waals surface area contributed by atoms with Crippen molar-refractivity contribution in [1.29, 1.82) is 0 Å². The first kappa shape index (κ1) is 28.5. The SMILES string of the molecule is C=CCNC(=O)c1cnc(Nc2cc3c(c(N4CC(C)C4)c2)CCN(C)C3)nc1Nc1cccc(N=S(C)(C)=O)n1. The number of anilines is 5. The maximum atomic E-state index is 12.9. The van der Waals surface area contributed by atoms with Crippen LogP contribution in [0.25, 0.3) is 0 Å². The predicted octanol–water partition coefficient (Wildman–Crippen LogP) is 4.08. The number of amides is 1. The van der Waals surface area contributed by atoms with Crippen molar-refractivity contribution in [2.24, 2.45) is 10.3 Å². The summed E-state index contributed by atoms with van der Waals surface area (Å²) in [6, 6.07) is 9.49. The van der Waals surface area contributed by atoms with Gasteiger partial charge in [0.25, 0.3) is 5.91 Å². The molecule has 1 saturated heterocycles. The van der Waals surface area contributed by atoms with Crippen molar-refractivity contribution in [2.45, 2.75) is 19.9 Å². The molecule has 1 fully saturated rings. The van der Waals surface area contributed by atoms with Gasteiger partial charge in [-0.3, -0.25) is 4.79 Å². The molecule has 5 rings (SSSR count). The summed E-state index contributed by atoms with van der Waals surface area (Å²) in [6.45, 7) is 10.3. The minimum Gasteiger partial charge on any atom is -0.371 e. The van der Waals surface area contributed by atoms with Gasteiger partial charge in [-0.1, -0.05) is 19.1 Å². The summed E-state index contributed by atoms with van der Waals surface area (Å²) < 4.78 is 16.4. The Hall–Kier alpha value is -4.03. The highest BCUT2D eigenvalue weighted by atomic mass is 32.2. The average Bonchev–Trinajstić information content (AvgIpc) is 2.89. The van der Waals surface area contributed by atoms with Gasteiger partial charge in [0.15, 0.2) is 5.82 Å². The summed E-state index contributed by atoms with van der Waals surface area (Å²) in [6.07, 6.45) is 7.21. The zero-order valence-electron chi connectivity index (χ0n) is 24.0. The van der Waals surface area contributed by atoms with Gasteiger partial charge in [-0.15, -0.1) is 6.58 Å². The molecule has 4 heterocycles. The first-order chi connectivity index (χ1) is 19.6. The number of carbonyl (C=O) groups excluding carboxylic acids is 1. The van der Waals surface area contributed by atoms with Crippen LogP contribution in [0.1, 0.15) is 28.4 Å². The number of likely N-dealkylation sites (N-methyl/N-ethyl adjacent to an activating group) is 1. The topological polar surface area (TPSA) is 128 Å². The van der Waals surface area contributed by atoms with Crippen LogP contribution in [0.2, 0.25) is 0 Å². The zero-order valence-corrected chi connectivity index (χ0v) is 24.8. The van der Waals surface area contributed by atoms with Gasteiger partial charge in [0.2, 0.25) is 5.95 Å². The summed E-state index contributed by atoms with van der Waals surface area (Å²) in [5.41, 5.74) is 5.12. The van der Waals surface area contributed by atoms with Gasteiger partial charge in [-0.2, -0.15) is 9.35 Å². The fraction of sp³-hybridized carbons (Fsp3) is 0.379. The normalized spacial score (nSPS) is 15.5. The average molecular weight is 576 g/mol. The predicted molar refractivity (Wildman–Crippen MR) is 165 cm³/mol. The Balaban J connectivity index is 1.48. The molecule has 0 atom stereocenters. The Labute approximate surface area is 241 Å². The molecule has 2 aliphatic heterocycles. The van der Waals surface area contributed by atoms with Gasteiger partial charge < -0.3 is 25.8 Å². The number of pyridine rings is 1. The van der Waals surface area contributed by atoms with E-state index in [9.17, 15) is 9.00 Å². The molecule has 0 aliphatic carbocycles. The standard InChI is InChI=1S/C29H37N9O2S/c1-6-11-30-28(39)23-15-31-29(35-27(23)34-25-8-7-9-26(33-25)36-41(4,5)40)32-21-13-20-18-37(3)12-10-22(20)24(14-21)38-16-19(2)17-38/h6-9,13-15,19H,1,10-12,16-18H2,2-5H3,(H,30,39)(H2,31,32,33,34,35). The van der Waals surface area contributed by atoms with Gasteiger partial charge in [0, 0.05) is 72.5 Å². The van der Waals surface area contributed by atoms with E-state index >= 15 is 0 Å². The largest absolute Gasteiger partial charge is 0.371 e. The first-order valence-electron chi connectivity index (χ1n) is 13.6. The molecule has 2 aromatic heterocycles. The van der Waals surface area contributed by atoms with Crippen LogP contribution >= 0.6 is 0 Å². The van der Waals surface area contributed by atoms with Crippen LogP contribution in [0.5, 0.6) is 0 Å². The third kappa shape index (κ3) is 7.01. The quantitative estimate of drug-likeness (QED) is 0.324. The van der Waals surface area contributed by atoms with Crippen LogP contribution in [0.15, 0.2) is 53.5 Å². The third-order valence-corrected chi connectivity index (χ3v) is 7.52. The van der Waals surface area contributed by atoms with Crippen LogP contribution < -0.4 is 20.9 Å². The number of nitrogens with one attached hydrogen (secondary N) is 3. The van der Waals surface area contributed by atoms with E-state index in [0.717, 1.165) is 38.3 Å². The van der Waals surface area contributed by atoms with Gasteiger partial charge in [-0.05, 0) is 54.8 Å². The van der Waals surface area contributed by atoms with E-state index < -0.39 is 9.73 Å². The van der Waals surface area contributed by atoms with Crippen molar-refractivity contribution in [3.63, 3.8) is 0 Å². The highest BCUT2D eigenvalue weighted by Crippen LogP contribution is 2.36. The third-order valence-electron chi connectivity index (χ3n) is 6.90. The number of nitrogens with zero attached hydrogens (tertiary/aromatic N) is 6. The Bertz CT molecular complexity index is 1590. The van der Waals surface area contributed by atoms with Crippen LogP contribution in [0, 0.1) is 5.92 Å². The number of rotatable bonds is 9. The Morgan fingerprint density at radius 1 is 1.22 bits per heavy atom. The smallest absolute Gasteiger partial charge is 0.256 e. The second-order valence-electron chi connectivity index (χ2n) is 11.0. The second-order valence-corrected chi connectivity index (χ2v) is 13.5. The molecule has 3 aromatic rings. The summed E-state index contributed by atoms with van der Waals surface area (Å²) in [5, 5.41) is 9.28. The van der Waals surface area contributed by atoms with Crippen molar-refractivity contribution in [2.75, 3.05) is 61.3 Å². The lowest BCUT2D eigenvalue weighted by molar-refractivity contribution is 0.0958. The molecule has 2 aliphatic rings. The van der Waals surface area contributed by atoms with Crippen molar-refractivity contribution >= 4 is 50.4 Å². The maximum Gasteiger partial charge on any atom is 0.256 e. The molecule has 41 heavy (non-hydrogen) atoms. The maximum absolute atomic E-state index is 12.9. The van der Waals surface area contributed by atoms with Crippen molar-refractivity contribution in [3.05, 3.63) is 65.9 Å². The lowest BCUT2D eigenvalue weighted by Gasteiger charge is -2.42. The van der Waals surface area contributed by atoms with Gasteiger partial charge >= 0.3 is 0 Å². The van der Waals surface area contributed by atoms with Gasteiger partial charge in [0.1, 0.15) is 17.2 Å². The van der Waals surface area contributed by atoms with Crippen LogP contribution in [-0.4, -0.2) is 75.7 Å². The Kier molecular flexibility index (Phi) is 8.22. The highest BCUT2D eigenvalue weighted by Gasteiger charge is 2.28. The van der Waals surface area contributed by atoms with E-state index in [4.69, 9.17) is 0 Å². The van der Waals surface area contributed by atoms with E-state index in [1.165, 1.54) is 23.0 Å². The van der Waals surface area contributed by atoms with E-state index in [2.05, 4.69) is 77.7 Å². The molecular weight excluding hydrogens is 538 g/mol. The van der Waals surface area contributed by atoms with Crippen molar-refractivity contribution in [3.8, 4) is 0 Å². The summed E-state index contributed by atoms with van der Waals surface area (Å²) in [4.78, 5) is 31.3. The molecule has 11 nitrogen and oxygen atoms in total. The van der Waals surface area contributed by atoms with Crippen molar-refractivity contribution < 1.29 is 9.00 Å². The number of hydrogen-bond donors (Lipinski definition) is 3. The summed E-state index contributed by atoms with van der Waals surface area (Å²) in [5.74, 6) is 1.68. The fourth-order valence-electron chi connectivity index (χ4n) is 5.05. The first-order valence-corrected chi connectivity index (χ1v) is 15.9. The van der Waals surface area contributed by atoms with E-state index in [-0.39, 0.29) is 17.3 Å². The molecule has 0 bridgehead atoms. The van der Waals surface area contributed by atoms with Crippen LogP contribution in [-0.2, 0) is 22.7 Å². The van der Waals surface area contributed by atoms with Crippen molar-refractivity contribution in [1.82, 2.24) is 25.2 Å². The highest BCUT2D eigenvalue weighted by molar-refractivity contribution is 7.92. The molecule has 0 spiro atoms. The molecule has 3 N–H and O–H groups in total. The van der Waals surface area contributed by atoms with Gasteiger partial charge in [-0.25, -0.2) is 14.2 Å². The minimum atomic E-state index is -2.39. The van der Waals surface area contributed by atoms with E-state index in [1.54, 1.807) is 36.8 Å². The number of fused-ring (bicyclic) bond motifs is 1. The van der Waals surface area contributed by atoms with Gasteiger partial charge in [0.05, 0.1) is 0 Å². The number of aromatic nitrogens is 3. The summed E-state index contributed by atoms with van der Waals surface area (Å²) >= 11 is 0. The number of hydrogen-bond acceptors (Lipinski definition) is 10. The summed E-state index contributed by atoms with van der Waals surface area (Å²) in [7, 11) is -0.252. The number of carbonyl (C=O) groups is 1. The molecular formula is C29H37N9O2S. The molecule has 1 aromatic carbocycles. The molecule has 12 heteroatoms. The molecule has 216 valence electrons. The lowest BCUT2D eigenvalue weighted by Crippen LogP contribution is -2.46. The second kappa shape index (κ2) is 11.8. The fourth-order valence-corrected chi connectivity index (χ4v) is 5.60. The molecule has 0 radical (unpaired) electrons. The molecule has 0 saturated carbocycles.